The third-order valence-corrected chi connectivity index (χ3v) is 4.16. The highest BCUT2D eigenvalue weighted by atomic mass is 19.1. The molecular weight excluding hydrogens is 295 g/mol. The number of carbonyl (C=O) groups excluding carboxylic acids is 1. The van der Waals surface area contributed by atoms with Crippen LogP contribution in [0.4, 0.5) is 4.39 Å². The minimum Gasteiger partial charge on any atom is -0.361 e. The standard InChI is InChI=1S/C18H19FN2O2/c1-12(14-5-7-15(19)8-6-14)10-18(22)21-9-3-4-17(21)16-11-13(2)23-20-16/h5-8,10-11,17H,3-4,9H2,1-2H3/b12-10+/t17-/m1/s1. The Labute approximate surface area is 134 Å². The lowest BCUT2D eigenvalue weighted by molar-refractivity contribution is -0.126. The van der Waals surface area contributed by atoms with E-state index in [-0.39, 0.29) is 17.8 Å². The number of amides is 1. The first kappa shape index (κ1) is 15.5. The van der Waals surface area contributed by atoms with Crippen molar-refractivity contribution < 1.29 is 13.7 Å². The Hall–Kier alpha value is -2.43. The second-order valence-electron chi connectivity index (χ2n) is 5.89. The molecule has 1 aromatic carbocycles. The van der Waals surface area contributed by atoms with Gasteiger partial charge in [-0.1, -0.05) is 17.3 Å². The molecule has 1 aromatic heterocycles. The van der Waals surface area contributed by atoms with Gasteiger partial charge in [0, 0.05) is 18.7 Å². The van der Waals surface area contributed by atoms with Gasteiger partial charge in [0.15, 0.2) is 0 Å². The van der Waals surface area contributed by atoms with E-state index in [1.165, 1.54) is 12.1 Å². The molecule has 1 aliphatic heterocycles. The molecule has 0 unspecified atom stereocenters. The van der Waals surface area contributed by atoms with Gasteiger partial charge in [-0.25, -0.2) is 4.39 Å². The van der Waals surface area contributed by atoms with Crippen LogP contribution >= 0.6 is 0 Å². The Kier molecular flexibility index (Phi) is 4.28. The highest BCUT2D eigenvalue weighted by molar-refractivity contribution is 5.95. The number of halogens is 1. The van der Waals surface area contributed by atoms with Crippen molar-refractivity contribution in [1.29, 1.82) is 0 Å². The van der Waals surface area contributed by atoms with E-state index in [0.717, 1.165) is 35.4 Å². The maximum absolute atomic E-state index is 13.0. The molecule has 4 nitrogen and oxygen atoms in total. The fourth-order valence-electron chi connectivity index (χ4n) is 2.94. The van der Waals surface area contributed by atoms with Crippen LogP contribution in [0.15, 0.2) is 40.9 Å². The summed E-state index contributed by atoms with van der Waals surface area (Å²) in [4.78, 5) is 14.4. The molecule has 0 saturated carbocycles. The number of likely N-dealkylation sites (tertiary alicyclic amines) is 1. The summed E-state index contributed by atoms with van der Waals surface area (Å²) in [7, 11) is 0. The van der Waals surface area contributed by atoms with Crippen LogP contribution in [0.3, 0.4) is 0 Å². The molecule has 5 heteroatoms. The Morgan fingerprint density at radius 2 is 2.13 bits per heavy atom. The minimum absolute atomic E-state index is 0.0304. The number of nitrogens with zero attached hydrogens (tertiary/aromatic N) is 2. The molecule has 1 amide bonds. The van der Waals surface area contributed by atoms with E-state index in [0.29, 0.717) is 6.54 Å². The molecule has 2 aromatic rings. The number of aryl methyl sites for hydroxylation is 1. The summed E-state index contributed by atoms with van der Waals surface area (Å²) >= 11 is 0. The summed E-state index contributed by atoms with van der Waals surface area (Å²) < 4.78 is 18.1. The average Bonchev–Trinajstić information content (AvgIpc) is 3.16. The summed E-state index contributed by atoms with van der Waals surface area (Å²) in [6.07, 6.45) is 3.45. The van der Waals surface area contributed by atoms with Crippen LogP contribution in [-0.2, 0) is 4.79 Å². The molecule has 2 heterocycles. The molecule has 1 saturated heterocycles. The first-order chi connectivity index (χ1) is 11.0. The topological polar surface area (TPSA) is 46.3 Å². The zero-order chi connectivity index (χ0) is 16.4. The second-order valence-corrected chi connectivity index (χ2v) is 5.89. The first-order valence-electron chi connectivity index (χ1n) is 7.72. The molecule has 0 bridgehead atoms. The second kappa shape index (κ2) is 6.36. The van der Waals surface area contributed by atoms with Crippen LogP contribution < -0.4 is 0 Å². The predicted octanol–water partition coefficient (Wildman–Crippen LogP) is 3.89. The third-order valence-electron chi connectivity index (χ3n) is 4.16. The van der Waals surface area contributed by atoms with E-state index in [1.54, 1.807) is 18.2 Å². The van der Waals surface area contributed by atoms with E-state index in [2.05, 4.69) is 5.16 Å². The number of allylic oxidation sites excluding steroid dienone is 1. The van der Waals surface area contributed by atoms with Crippen molar-refractivity contribution in [1.82, 2.24) is 10.1 Å². The smallest absolute Gasteiger partial charge is 0.247 e. The summed E-state index contributed by atoms with van der Waals surface area (Å²) in [5, 5.41) is 4.05. The predicted molar refractivity (Wildman–Crippen MR) is 85.0 cm³/mol. The Balaban J connectivity index is 1.78. The van der Waals surface area contributed by atoms with Gasteiger partial charge in [0.25, 0.3) is 0 Å². The molecular formula is C18H19FN2O2. The number of hydrogen-bond donors (Lipinski definition) is 0. The van der Waals surface area contributed by atoms with Gasteiger partial charge in [0.1, 0.15) is 17.3 Å². The molecule has 0 aliphatic carbocycles. The monoisotopic (exact) mass is 314 g/mol. The van der Waals surface area contributed by atoms with Gasteiger partial charge < -0.3 is 9.42 Å². The van der Waals surface area contributed by atoms with Gasteiger partial charge in [0.2, 0.25) is 5.91 Å². The summed E-state index contributed by atoms with van der Waals surface area (Å²) in [5.74, 6) is 0.418. The van der Waals surface area contributed by atoms with Crippen molar-refractivity contribution in [3.05, 3.63) is 59.2 Å². The SMILES string of the molecule is C/C(=C\C(=O)N1CCC[C@@H]1c1cc(C)on1)c1ccc(F)cc1. The van der Waals surface area contributed by atoms with Crippen LogP contribution in [0.5, 0.6) is 0 Å². The quantitative estimate of drug-likeness (QED) is 0.808. The minimum atomic E-state index is -0.283. The average molecular weight is 314 g/mol. The van der Waals surface area contributed by atoms with Crippen LogP contribution in [-0.4, -0.2) is 22.5 Å². The van der Waals surface area contributed by atoms with Gasteiger partial charge in [0.05, 0.1) is 6.04 Å². The molecule has 120 valence electrons. The Morgan fingerprint density at radius 1 is 1.39 bits per heavy atom. The zero-order valence-corrected chi connectivity index (χ0v) is 13.3. The molecule has 0 N–H and O–H groups in total. The third kappa shape index (κ3) is 3.33. The Bertz CT molecular complexity index is 734. The number of benzene rings is 1. The van der Waals surface area contributed by atoms with Crippen molar-refractivity contribution >= 4 is 11.5 Å². The maximum atomic E-state index is 13.0. The van der Waals surface area contributed by atoms with Crippen molar-refractivity contribution in [2.75, 3.05) is 6.54 Å². The van der Waals surface area contributed by atoms with E-state index in [4.69, 9.17) is 4.52 Å². The van der Waals surface area contributed by atoms with Crippen LogP contribution in [0.1, 0.15) is 42.8 Å². The van der Waals surface area contributed by atoms with Crippen LogP contribution in [0.2, 0.25) is 0 Å². The fraction of sp³-hybridized carbons (Fsp3) is 0.333. The van der Waals surface area contributed by atoms with E-state index < -0.39 is 0 Å². The molecule has 0 spiro atoms. The Morgan fingerprint density at radius 3 is 2.78 bits per heavy atom. The number of carbonyl (C=O) groups is 1. The number of rotatable bonds is 3. The maximum Gasteiger partial charge on any atom is 0.247 e. The lowest BCUT2D eigenvalue weighted by Crippen LogP contribution is -2.29. The summed E-state index contributed by atoms with van der Waals surface area (Å²) in [6.45, 7) is 4.41. The zero-order valence-electron chi connectivity index (χ0n) is 13.3. The van der Waals surface area contributed by atoms with Crippen molar-refractivity contribution in [3.63, 3.8) is 0 Å². The molecule has 3 rings (SSSR count). The number of aromatic nitrogens is 1. The van der Waals surface area contributed by atoms with Gasteiger partial charge in [-0.05, 0) is 50.0 Å². The van der Waals surface area contributed by atoms with Gasteiger partial charge in [-0.2, -0.15) is 0 Å². The van der Waals surface area contributed by atoms with Crippen molar-refractivity contribution in [2.45, 2.75) is 32.7 Å². The molecule has 0 radical (unpaired) electrons. The van der Waals surface area contributed by atoms with Gasteiger partial charge in [-0.15, -0.1) is 0 Å². The van der Waals surface area contributed by atoms with Gasteiger partial charge in [-0.3, -0.25) is 4.79 Å². The molecule has 1 fully saturated rings. The van der Waals surface area contributed by atoms with Crippen LogP contribution in [0.25, 0.3) is 5.57 Å². The largest absolute Gasteiger partial charge is 0.361 e. The lowest BCUT2D eigenvalue weighted by Gasteiger charge is -2.21. The van der Waals surface area contributed by atoms with Crippen LogP contribution in [0, 0.1) is 12.7 Å². The highest BCUT2D eigenvalue weighted by Gasteiger charge is 2.31. The van der Waals surface area contributed by atoms with Crippen molar-refractivity contribution in [2.24, 2.45) is 0 Å². The van der Waals surface area contributed by atoms with E-state index in [1.807, 2.05) is 24.8 Å². The molecule has 23 heavy (non-hydrogen) atoms. The van der Waals surface area contributed by atoms with Gasteiger partial charge >= 0.3 is 0 Å². The highest BCUT2D eigenvalue weighted by Crippen LogP contribution is 2.32. The molecule has 1 aliphatic rings. The summed E-state index contributed by atoms with van der Waals surface area (Å²) in [6, 6.07) is 8.00. The number of hydrogen-bond acceptors (Lipinski definition) is 3. The lowest BCUT2D eigenvalue weighted by atomic mass is 10.1. The van der Waals surface area contributed by atoms with E-state index in [9.17, 15) is 9.18 Å². The molecule has 1 atom stereocenters. The van der Waals surface area contributed by atoms with Crippen molar-refractivity contribution in [3.8, 4) is 0 Å². The first-order valence-corrected chi connectivity index (χ1v) is 7.72. The fourth-order valence-corrected chi connectivity index (χ4v) is 2.94. The summed E-state index contributed by atoms with van der Waals surface area (Å²) in [5.41, 5.74) is 2.46. The van der Waals surface area contributed by atoms with E-state index >= 15 is 0 Å². The normalized spacial score (nSPS) is 18.5.